The Morgan fingerprint density at radius 1 is 1.22 bits per heavy atom. The molecule has 23 heavy (non-hydrogen) atoms. The van der Waals surface area contributed by atoms with Crippen molar-refractivity contribution < 1.29 is 4.79 Å². The van der Waals surface area contributed by atoms with Crippen molar-refractivity contribution in [2.45, 2.75) is 6.42 Å². The number of nitrogens with zero attached hydrogens (tertiary/aromatic N) is 2. The van der Waals surface area contributed by atoms with Crippen molar-refractivity contribution in [3.8, 4) is 0 Å². The predicted molar refractivity (Wildman–Crippen MR) is 102 cm³/mol. The molecule has 0 aliphatic rings. The predicted octanol–water partition coefficient (Wildman–Crippen LogP) is 3.53. The van der Waals surface area contributed by atoms with E-state index >= 15 is 0 Å². The number of rotatable bonds is 6. The van der Waals surface area contributed by atoms with Gasteiger partial charge in [-0.3, -0.25) is 4.79 Å². The molecule has 0 radical (unpaired) electrons. The number of nitrogens with one attached hydrogen (secondary N) is 2. The third kappa shape index (κ3) is 4.17. The van der Waals surface area contributed by atoms with Crippen molar-refractivity contribution in [3.63, 3.8) is 0 Å². The van der Waals surface area contributed by atoms with Crippen LogP contribution in [-0.4, -0.2) is 28.4 Å². The van der Waals surface area contributed by atoms with Crippen LogP contribution in [0, 0.1) is 3.57 Å². The van der Waals surface area contributed by atoms with Crippen molar-refractivity contribution in [2.24, 2.45) is 0 Å². The molecule has 2 N–H and O–H groups in total. The van der Waals surface area contributed by atoms with Crippen molar-refractivity contribution >= 4 is 56.1 Å². The third-order valence-corrected chi connectivity index (χ3v) is 4.71. The molecule has 0 bridgehead atoms. The van der Waals surface area contributed by atoms with Gasteiger partial charge >= 0.3 is 0 Å². The average Bonchev–Trinajstić information content (AvgIpc) is 2.98. The van der Waals surface area contributed by atoms with Crippen molar-refractivity contribution in [1.82, 2.24) is 14.7 Å². The van der Waals surface area contributed by atoms with Gasteiger partial charge in [-0.25, -0.2) is 4.98 Å². The monoisotopic (exact) mass is 438 g/mol. The second-order valence-corrected chi connectivity index (χ2v) is 6.93. The van der Waals surface area contributed by atoms with E-state index in [1.807, 2.05) is 36.4 Å². The van der Waals surface area contributed by atoms with Crippen LogP contribution in [0.25, 0.3) is 10.2 Å². The van der Waals surface area contributed by atoms with Gasteiger partial charge in [0.15, 0.2) is 0 Å². The molecule has 5 nitrogen and oxygen atoms in total. The first kappa shape index (κ1) is 16.1. The molecule has 0 atom stereocenters. The highest BCUT2D eigenvalue weighted by Gasteiger charge is 2.06. The van der Waals surface area contributed by atoms with E-state index in [1.54, 1.807) is 6.20 Å². The molecule has 0 unspecified atom stereocenters. The molecule has 0 saturated heterocycles. The zero-order valence-electron chi connectivity index (χ0n) is 12.3. The van der Waals surface area contributed by atoms with Crippen molar-refractivity contribution in [3.05, 3.63) is 51.7 Å². The molecule has 0 fully saturated rings. The number of benzene rings is 1. The van der Waals surface area contributed by atoms with E-state index < -0.39 is 0 Å². The molecule has 3 aromatic rings. The Morgan fingerprint density at radius 2 is 2.13 bits per heavy atom. The minimum Gasteiger partial charge on any atom is -0.369 e. The second kappa shape index (κ2) is 7.69. The lowest BCUT2D eigenvalue weighted by molar-refractivity contribution is 0.0953. The number of pyridine rings is 1. The van der Waals surface area contributed by atoms with Crippen LogP contribution in [0.3, 0.4) is 0 Å². The summed E-state index contributed by atoms with van der Waals surface area (Å²) < 4.78 is 5.42. The van der Waals surface area contributed by atoms with Gasteiger partial charge in [0.05, 0.1) is 5.39 Å². The maximum atomic E-state index is 12.0. The molecule has 3 rings (SSSR count). The lowest BCUT2D eigenvalue weighted by Gasteiger charge is -2.06. The minimum absolute atomic E-state index is 0.0353. The van der Waals surface area contributed by atoms with Gasteiger partial charge in [-0.15, -0.1) is 0 Å². The van der Waals surface area contributed by atoms with E-state index in [4.69, 9.17) is 0 Å². The van der Waals surface area contributed by atoms with Crippen LogP contribution >= 0.6 is 34.1 Å². The number of fused-ring (bicyclic) bond motifs is 1. The summed E-state index contributed by atoms with van der Waals surface area (Å²) in [4.78, 5) is 17.2. The van der Waals surface area contributed by atoms with Crippen LogP contribution in [0.5, 0.6) is 0 Å². The molecule has 118 valence electrons. The zero-order valence-corrected chi connectivity index (χ0v) is 15.2. The SMILES string of the molecule is O=C(NCCCNc1nsc2ncccc12)c1cccc(I)c1. The molecule has 1 aromatic carbocycles. The lowest BCUT2D eigenvalue weighted by Crippen LogP contribution is -2.25. The van der Waals surface area contributed by atoms with Gasteiger partial charge in [0.25, 0.3) is 5.91 Å². The first-order valence-corrected chi connectivity index (χ1v) is 9.07. The maximum absolute atomic E-state index is 12.0. The Morgan fingerprint density at radius 3 is 3.00 bits per heavy atom. The highest BCUT2D eigenvalue weighted by molar-refractivity contribution is 14.1. The molecule has 0 aliphatic heterocycles. The Bertz CT molecular complexity index is 820. The van der Waals surface area contributed by atoms with Crippen molar-refractivity contribution in [1.29, 1.82) is 0 Å². The van der Waals surface area contributed by atoms with Crippen LogP contribution in [0.1, 0.15) is 16.8 Å². The molecule has 7 heteroatoms. The fraction of sp³-hybridized carbons (Fsp3) is 0.188. The molecular formula is C16H15IN4OS. The smallest absolute Gasteiger partial charge is 0.251 e. The third-order valence-electron chi connectivity index (χ3n) is 3.27. The zero-order chi connectivity index (χ0) is 16.1. The summed E-state index contributed by atoms with van der Waals surface area (Å²) >= 11 is 3.59. The van der Waals surface area contributed by atoms with E-state index in [0.29, 0.717) is 12.1 Å². The van der Waals surface area contributed by atoms with Gasteiger partial charge in [-0.1, -0.05) is 6.07 Å². The number of halogens is 1. The van der Waals surface area contributed by atoms with Crippen LogP contribution in [-0.2, 0) is 0 Å². The number of carbonyl (C=O) groups excluding carboxylic acids is 1. The summed E-state index contributed by atoms with van der Waals surface area (Å²) in [5.41, 5.74) is 0.696. The van der Waals surface area contributed by atoms with Crippen LogP contribution in [0.4, 0.5) is 5.82 Å². The quantitative estimate of drug-likeness (QED) is 0.457. The van der Waals surface area contributed by atoms with E-state index in [-0.39, 0.29) is 5.91 Å². The summed E-state index contributed by atoms with van der Waals surface area (Å²) in [7, 11) is 0. The number of hydrogen-bond donors (Lipinski definition) is 2. The van der Waals surface area contributed by atoms with Gasteiger partial charge in [-0.2, -0.15) is 4.37 Å². The summed E-state index contributed by atoms with van der Waals surface area (Å²) in [6, 6.07) is 11.5. The average molecular weight is 438 g/mol. The Labute approximate surface area is 151 Å². The number of carbonyl (C=O) groups is 1. The lowest BCUT2D eigenvalue weighted by atomic mass is 10.2. The fourth-order valence-electron chi connectivity index (χ4n) is 2.14. The first-order valence-electron chi connectivity index (χ1n) is 7.22. The van der Waals surface area contributed by atoms with E-state index in [2.05, 4.69) is 42.6 Å². The van der Waals surface area contributed by atoms with Gasteiger partial charge in [0.2, 0.25) is 0 Å². The Kier molecular flexibility index (Phi) is 5.39. The number of aromatic nitrogens is 2. The standard InChI is InChI=1S/C16H15IN4OS/c17-12-5-1-4-11(10-12)15(22)19-9-3-8-18-14-13-6-2-7-20-16(13)23-21-14/h1-2,4-7,10H,3,8-9H2,(H,18,21)(H,19,22). The number of amides is 1. The van der Waals surface area contributed by atoms with E-state index in [1.165, 1.54) is 11.5 Å². The molecular weight excluding hydrogens is 423 g/mol. The van der Waals surface area contributed by atoms with Gasteiger partial charge in [0.1, 0.15) is 10.6 Å². The number of hydrogen-bond acceptors (Lipinski definition) is 5. The van der Waals surface area contributed by atoms with Crippen molar-refractivity contribution in [2.75, 3.05) is 18.4 Å². The fourth-order valence-corrected chi connectivity index (χ4v) is 3.39. The molecule has 0 spiro atoms. The van der Waals surface area contributed by atoms with Crippen LogP contribution in [0.2, 0.25) is 0 Å². The van der Waals surface area contributed by atoms with Crippen LogP contribution < -0.4 is 10.6 Å². The number of anilines is 1. The first-order chi connectivity index (χ1) is 11.2. The topological polar surface area (TPSA) is 66.9 Å². The maximum Gasteiger partial charge on any atom is 0.251 e. The molecule has 2 heterocycles. The molecule has 0 saturated carbocycles. The van der Waals surface area contributed by atoms with E-state index in [9.17, 15) is 4.79 Å². The normalized spacial score (nSPS) is 10.7. The summed E-state index contributed by atoms with van der Waals surface area (Å²) in [5.74, 6) is 0.828. The van der Waals surface area contributed by atoms with Crippen LogP contribution in [0.15, 0.2) is 42.6 Å². The van der Waals surface area contributed by atoms with Gasteiger partial charge in [0, 0.05) is 28.4 Å². The van der Waals surface area contributed by atoms with Gasteiger partial charge < -0.3 is 10.6 Å². The Hall–Kier alpha value is -1.74. The summed E-state index contributed by atoms with van der Waals surface area (Å²) in [6.07, 6.45) is 2.60. The largest absolute Gasteiger partial charge is 0.369 e. The highest BCUT2D eigenvalue weighted by atomic mass is 127. The van der Waals surface area contributed by atoms with Gasteiger partial charge in [-0.05, 0) is 70.9 Å². The summed E-state index contributed by atoms with van der Waals surface area (Å²) in [5, 5.41) is 7.27. The minimum atomic E-state index is -0.0353. The van der Waals surface area contributed by atoms with E-state index in [0.717, 1.165) is 32.6 Å². The highest BCUT2D eigenvalue weighted by Crippen LogP contribution is 2.23. The molecule has 0 aliphatic carbocycles. The Balaban J connectivity index is 1.44. The molecule has 2 aromatic heterocycles. The second-order valence-electron chi connectivity index (χ2n) is 4.93. The molecule has 1 amide bonds. The summed E-state index contributed by atoms with van der Waals surface area (Å²) in [6.45, 7) is 1.37.